The maximum Gasteiger partial charge on any atom is 0.309 e. The number of carbonyl (C=O) groups is 1. The van der Waals surface area contributed by atoms with E-state index in [4.69, 9.17) is 4.74 Å². The molecule has 0 aromatic heterocycles. The first-order valence-corrected chi connectivity index (χ1v) is 5.10. The van der Waals surface area contributed by atoms with Crippen molar-refractivity contribution in [2.75, 3.05) is 7.11 Å². The number of rotatable bonds is 5. The number of carbonyl (C=O) groups excluding carboxylic acids is 1. The Balaban J connectivity index is 2.71. The predicted molar refractivity (Wildman–Crippen MR) is 60.4 cm³/mol. The first-order valence-electron chi connectivity index (χ1n) is 5.10. The monoisotopic (exact) mass is 222 g/mol. The Hall–Kier alpha value is -1.64. The number of halogens is 1. The van der Waals surface area contributed by atoms with Gasteiger partial charge in [0, 0.05) is 0 Å². The van der Waals surface area contributed by atoms with E-state index < -0.39 is 0 Å². The molecule has 3 heteroatoms. The van der Waals surface area contributed by atoms with E-state index in [9.17, 15) is 9.18 Å². The second-order valence-corrected chi connectivity index (χ2v) is 3.58. The minimum absolute atomic E-state index is 0.243. The first-order chi connectivity index (χ1) is 7.67. The molecule has 0 saturated carbocycles. The molecule has 1 aromatic rings. The zero-order valence-electron chi connectivity index (χ0n) is 9.28. The van der Waals surface area contributed by atoms with E-state index in [-0.39, 0.29) is 17.7 Å². The van der Waals surface area contributed by atoms with Crippen molar-refractivity contribution in [1.82, 2.24) is 0 Å². The van der Waals surface area contributed by atoms with Gasteiger partial charge in [0.15, 0.2) is 0 Å². The van der Waals surface area contributed by atoms with Gasteiger partial charge in [-0.15, -0.1) is 6.58 Å². The topological polar surface area (TPSA) is 26.3 Å². The molecule has 0 unspecified atom stereocenters. The van der Waals surface area contributed by atoms with E-state index in [0.29, 0.717) is 12.8 Å². The van der Waals surface area contributed by atoms with Crippen LogP contribution in [0.4, 0.5) is 4.39 Å². The van der Waals surface area contributed by atoms with Crippen molar-refractivity contribution in [3.05, 3.63) is 48.3 Å². The Morgan fingerprint density at radius 3 is 2.62 bits per heavy atom. The summed E-state index contributed by atoms with van der Waals surface area (Å²) in [7, 11) is 1.36. The minimum atomic E-state index is -0.276. The maximum absolute atomic E-state index is 12.7. The number of allylic oxidation sites excluding steroid dienone is 1. The van der Waals surface area contributed by atoms with Crippen LogP contribution in [-0.4, -0.2) is 13.1 Å². The van der Waals surface area contributed by atoms with Gasteiger partial charge in [0.1, 0.15) is 5.82 Å². The third kappa shape index (κ3) is 3.50. The van der Waals surface area contributed by atoms with Crippen molar-refractivity contribution in [2.45, 2.75) is 12.8 Å². The highest BCUT2D eigenvalue weighted by Crippen LogP contribution is 2.15. The van der Waals surface area contributed by atoms with Crippen molar-refractivity contribution in [2.24, 2.45) is 5.92 Å². The molecule has 86 valence electrons. The standard InChI is InChI=1S/C13H15FO2/c1-3-4-11(13(15)16-2)9-10-5-7-12(14)8-6-10/h3,5-8,11H,1,4,9H2,2H3/t11-/m0/s1. The first kappa shape index (κ1) is 12.4. The van der Waals surface area contributed by atoms with Gasteiger partial charge in [-0.05, 0) is 30.5 Å². The number of ether oxygens (including phenoxy) is 1. The Morgan fingerprint density at radius 2 is 2.12 bits per heavy atom. The SMILES string of the molecule is C=CC[C@@H](Cc1ccc(F)cc1)C(=O)OC. The van der Waals surface area contributed by atoms with Crippen molar-refractivity contribution in [1.29, 1.82) is 0 Å². The minimum Gasteiger partial charge on any atom is -0.469 e. The smallest absolute Gasteiger partial charge is 0.309 e. The van der Waals surface area contributed by atoms with Gasteiger partial charge in [-0.3, -0.25) is 4.79 Å². The molecular weight excluding hydrogens is 207 g/mol. The van der Waals surface area contributed by atoms with E-state index in [1.165, 1.54) is 19.2 Å². The van der Waals surface area contributed by atoms with Crippen LogP contribution in [-0.2, 0) is 16.0 Å². The maximum atomic E-state index is 12.7. The Kier molecular flexibility index (Phi) is 4.70. The fourth-order valence-corrected chi connectivity index (χ4v) is 1.54. The highest BCUT2D eigenvalue weighted by Gasteiger charge is 2.17. The summed E-state index contributed by atoms with van der Waals surface area (Å²) in [6, 6.07) is 6.12. The van der Waals surface area contributed by atoms with Crippen molar-refractivity contribution < 1.29 is 13.9 Å². The summed E-state index contributed by atoms with van der Waals surface area (Å²) in [5.41, 5.74) is 0.915. The molecule has 0 aliphatic carbocycles. The third-order valence-electron chi connectivity index (χ3n) is 2.38. The molecule has 0 aliphatic rings. The van der Waals surface area contributed by atoms with Crippen LogP contribution < -0.4 is 0 Å². The molecule has 0 radical (unpaired) electrons. The van der Waals surface area contributed by atoms with Crippen LogP contribution in [0.15, 0.2) is 36.9 Å². The van der Waals surface area contributed by atoms with Gasteiger partial charge in [0.05, 0.1) is 13.0 Å². The quantitative estimate of drug-likeness (QED) is 0.565. The molecule has 0 spiro atoms. The van der Waals surface area contributed by atoms with Crippen LogP contribution in [0.25, 0.3) is 0 Å². The largest absolute Gasteiger partial charge is 0.469 e. The van der Waals surface area contributed by atoms with Crippen molar-refractivity contribution in [3.8, 4) is 0 Å². The highest BCUT2D eigenvalue weighted by atomic mass is 19.1. The van der Waals surface area contributed by atoms with E-state index in [1.807, 2.05) is 0 Å². The molecule has 0 amide bonds. The number of methoxy groups -OCH3 is 1. The van der Waals surface area contributed by atoms with Gasteiger partial charge in [-0.2, -0.15) is 0 Å². The molecule has 1 rings (SSSR count). The van der Waals surface area contributed by atoms with Gasteiger partial charge >= 0.3 is 5.97 Å². The second kappa shape index (κ2) is 6.05. The van der Waals surface area contributed by atoms with Gasteiger partial charge in [0.2, 0.25) is 0 Å². The molecule has 2 nitrogen and oxygen atoms in total. The van der Waals surface area contributed by atoms with Gasteiger partial charge in [-0.25, -0.2) is 4.39 Å². The highest BCUT2D eigenvalue weighted by molar-refractivity contribution is 5.72. The molecule has 0 aliphatic heterocycles. The van der Waals surface area contributed by atoms with Crippen LogP contribution in [0.2, 0.25) is 0 Å². The fourth-order valence-electron chi connectivity index (χ4n) is 1.54. The summed E-state index contributed by atoms with van der Waals surface area (Å²) >= 11 is 0. The lowest BCUT2D eigenvalue weighted by Crippen LogP contribution is -2.18. The average Bonchev–Trinajstić information content (AvgIpc) is 2.30. The lowest BCUT2D eigenvalue weighted by Gasteiger charge is -2.12. The molecule has 16 heavy (non-hydrogen) atoms. The number of benzene rings is 1. The van der Waals surface area contributed by atoms with E-state index in [0.717, 1.165) is 5.56 Å². The van der Waals surface area contributed by atoms with E-state index >= 15 is 0 Å². The Morgan fingerprint density at radius 1 is 1.50 bits per heavy atom. The molecule has 1 aromatic carbocycles. The fraction of sp³-hybridized carbons (Fsp3) is 0.308. The lowest BCUT2D eigenvalue weighted by molar-refractivity contribution is -0.145. The summed E-state index contributed by atoms with van der Waals surface area (Å²) < 4.78 is 17.4. The second-order valence-electron chi connectivity index (χ2n) is 3.58. The zero-order valence-corrected chi connectivity index (χ0v) is 9.28. The summed E-state index contributed by atoms with van der Waals surface area (Å²) in [6.07, 6.45) is 2.79. The molecular formula is C13H15FO2. The normalized spacial score (nSPS) is 11.9. The number of hydrogen-bond acceptors (Lipinski definition) is 2. The van der Waals surface area contributed by atoms with Gasteiger partial charge in [-0.1, -0.05) is 18.2 Å². The number of hydrogen-bond donors (Lipinski definition) is 0. The van der Waals surface area contributed by atoms with Crippen LogP contribution in [0, 0.1) is 11.7 Å². The third-order valence-corrected chi connectivity index (χ3v) is 2.38. The Bertz CT molecular complexity index is 357. The lowest BCUT2D eigenvalue weighted by atomic mass is 9.96. The van der Waals surface area contributed by atoms with Crippen LogP contribution in [0.3, 0.4) is 0 Å². The predicted octanol–water partition coefficient (Wildman–Crippen LogP) is 2.73. The Labute approximate surface area is 94.7 Å². The van der Waals surface area contributed by atoms with Gasteiger partial charge < -0.3 is 4.74 Å². The summed E-state index contributed by atoms with van der Waals surface area (Å²) in [6.45, 7) is 3.61. The van der Waals surface area contributed by atoms with Gasteiger partial charge in [0.25, 0.3) is 0 Å². The van der Waals surface area contributed by atoms with Crippen LogP contribution >= 0.6 is 0 Å². The zero-order chi connectivity index (χ0) is 12.0. The molecule has 0 heterocycles. The molecule has 1 atom stereocenters. The van der Waals surface area contributed by atoms with Crippen molar-refractivity contribution in [3.63, 3.8) is 0 Å². The summed E-state index contributed by atoms with van der Waals surface area (Å²) in [5.74, 6) is -0.778. The summed E-state index contributed by atoms with van der Waals surface area (Å²) in [4.78, 5) is 11.4. The number of esters is 1. The van der Waals surface area contributed by atoms with Crippen molar-refractivity contribution >= 4 is 5.97 Å². The van der Waals surface area contributed by atoms with E-state index in [1.54, 1.807) is 18.2 Å². The molecule has 0 fully saturated rings. The van der Waals surface area contributed by atoms with Crippen LogP contribution in [0.1, 0.15) is 12.0 Å². The summed E-state index contributed by atoms with van der Waals surface area (Å²) in [5, 5.41) is 0. The molecule has 0 saturated heterocycles. The molecule has 0 N–H and O–H groups in total. The average molecular weight is 222 g/mol. The van der Waals surface area contributed by atoms with Crippen LogP contribution in [0.5, 0.6) is 0 Å². The van der Waals surface area contributed by atoms with E-state index in [2.05, 4.69) is 6.58 Å². The molecule has 0 bridgehead atoms.